The molecular weight excluding hydrogens is 252 g/mol. The van der Waals surface area contributed by atoms with Crippen molar-refractivity contribution in [2.24, 2.45) is 0 Å². The average molecular weight is 263 g/mol. The molecule has 1 aromatic carbocycles. The molecule has 0 radical (unpaired) electrons. The first-order chi connectivity index (χ1) is 7.33. The Kier molecular flexibility index (Phi) is 4.07. The summed E-state index contributed by atoms with van der Waals surface area (Å²) in [4.78, 5) is 10.7. The predicted octanol–water partition coefficient (Wildman–Crippen LogP) is 1.85. The Morgan fingerprint density at radius 1 is 1.31 bits per heavy atom. The van der Waals surface area contributed by atoms with E-state index in [1.165, 1.54) is 19.1 Å². The number of halogens is 1. The first-order valence-corrected chi connectivity index (χ1v) is 6.31. The summed E-state index contributed by atoms with van der Waals surface area (Å²) in [5.41, 5.74) is 0.931. The van der Waals surface area contributed by atoms with Gasteiger partial charge in [0.05, 0.1) is 4.90 Å². The third kappa shape index (κ3) is 3.30. The Balaban J connectivity index is 2.94. The number of carbonyl (C=O) groups excluding carboxylic acids is 1. The third-order valence-electron chi connectivity index (χ3n) is 1.90. The molecule has 1 aromatic rings. The highest BCUT2D eigenvalue weighted by atomic mass is 35.5. The molecule has 6 heteroatoms. The normalized spacial score (nSPS) is 13.4. The molecule has 16 heavy (non-hydrogen) atoms. The van der Waals surface area contributed by atoms with Crippen molar-refractivity contribution in [2.45, 2.75) is 24.8 Å². The van der Waals surface area contributed by atoms with Crippen LogP contribution in [0.3, 0.4) is 0 Å². The second kappa shape index (κ2) is 4.95. The molecule has 1 rings (SSSR count). The van der Waals surface area contributed by atoms with Crippen LogP contribution in [0, 0.1) is 6.92 Å². The maximum atomic E-state index is 11.6. The van der Waals surface area contributed by atoms with Crippen LogP contribution in [0.25, 0.3) is 0 Å². The zero-order valence-corrected chi connectivity index (χ0v) is 10.4. The molecule has 0 saturated heterocycles. The number of hydrogen-bond donors (Lipinski definition) is 0. The molecule has 0 N–H and O–H groups in total. The van der Waals surface area contributed by atoms with Crippen molar-refractivity contribution >= 4 is 27.0 Å². The van der Waals surface area contributed by atoms with Crippen molar-refractivity contribution < 1.29 is 17.4 Å². The second-order valence-electron chi connectivity index (χ2n) is 3.31. The summed E-state index contributed by atoms with van der Waals surface area (Å²) in [6.07, 6.45) is -1.19. The minimum atomic E-state index is -3.93. The minimum absolute atomic E-state index is 0.00265. The van der Waals surface area contributed by atoms with Crippen molar-refractivity contribution in [1.82, 2.24) is 0 Å². The fourth-order valence-electron chi connectivity index (χ4n) is 0.988. The topological polar surface area (TPSA) is 60.4 Å². The van der Waals surface area contributed by atoms with Crippen LogP contribution in [-0.2, 0) is 19.1 Å². The van der Waals surface area contributed by atoms with Crippen molar-refractivity contribution in [3.05, 3.63) is 29.8 Å². The molecule has 1 unspecified atom stereocenters. The summed E-state index contributed by atoms with van der Waals surface area (Å²) in [6.45, 7) is 3.11. The van der Waals surface area contributed by atoms with Gasteiger partial charge in [-0.05, 0) is 37.6 Å². The number of rotatable bonds is 4. The Bertz CT molecular complexity index is 478. The van der Waals surface area contributed by atoms with E-state index in [9.17, 15) is 13.2 Å². The van der Waals surface area contributed by atoms with E-state index in [1.807, 2.05) is 6.92 Å². The lowest BCUT2D eigenvalue weighted by molar-refractivity contribution is -0.117. The van der Waals surface area contributed by atoms with Crippen LogP contribution in [0.15, 0.2) is 29.2 Å². The molecule has 0 aliphatic carbocycles. The van der Waals surface area contributed by atoms with Gasteiger partial charge >= 0.3 is 0 Å². The Hall–Kier alpha value is -0.910. The molecular formula is C10H11ClO4S. The van der Waals surface area contributed by atoms with Crippen LogP contribution >= 0.6 is 11.6 Å². The summed E-state index contributed by atoms with van der Waals surface area (Å²) >= 11 is 5.12. The lowest BCUT2D eigenvalue weighted by Gasteiger charge is -2.08. The molecule has 0 aliphatic rings. The van der Waals surface area contributed by atoms with Gasteiger partial charge in [-0.25, -0.2) is 0 Å². The van der Waals surface area contributed by atoms with Gasteiger partial charge in [-0.2, -0.15) is 8.42 Å². The van der Waals surface area contributed by atoms with E-state index in [-0.39, 0.29) is 4.90 Å². The Morgan fingerprint density at radius 2 is 1.81 bits per heavy atom. The van der Waals surface area contributed by atoms with Crippen molar-refractivity contribution in [2.75, 3.05) is 0 Å². The van der Waals surface area contributed by atoms with Crippen LogP contribution in [0.5, 0.6) is 0 Å². The average Bonchev–Trinajstić information content (AvgIpc) is 2.17. The molecule has 0 saturated carbocycles. The van der Waals surface area contributed by atoms with Crippen molar-refractivity contribution in [3.63, 3.8) is 0 Å². The van der Waals surface area contributed by atoms with E-state index in [1.54, 1.807) is 12.1 Å². The van der Waals surface area contributed by atoms with E-state index in [0.717, 1.165) is 5.56 Å². The van der Waals surface area contributed by atoms with E-state index >= 15 is 0 Å². The number of carbonyl (C=O) groups is 1. The van der Waals surface area contributed by atoms with Gasteiger partial charge < -0.3 is 0 Å². The van der Waals surface area contributed by atoms with Gasteiger partial charge in [0.25, 0.3) is 15.4 Å². The molecule has 0 spiro atoms. The molecule has 4 nitrogen and oxygen atoms in total. The fraction of sp³-hybridized carbons (Fsp3) is 0.300. The molecule has 88 valence electrons. The highest BCUT2D eigenvalue weighted by molar-refractivity contribution is 7.86. The summed E-state index contributed by atoms with van der Waals surface area (Å²) in [5.74, 6) is 0. The number of aryl methyl sites for hydroxylation is 1. The molecule has 0 aliphatic heterocycles. The third-order valence-corrected chi connectivity index (χ3v) is 3.60. The lowest BCUT2D eigenvalue weighted by Crippen LogP contribution is -2.20. The van der Waals surface area contributed by atoms with E-state index in [4.69, 9.17) is 11.6 Å². The van der Waals surface area contributed by atoms with Crippen LogP contribution in [-0.4, -0.2) is 19.8 Å². The quantitative estimate of drug-likeness (QED) is 0.614. The number of benzene rings is 1. The standard InChI is InChI=1S/C10H11ClO4S/c1-7-3-5-9(6-4-7)16(13,14)15-8(2)10(11)12/h3-6,8H,1-2H3. The zero-order chi connectivity index (χ0) is 12.3. The summed E-state index contributed by atoms with van der Waals surface area (Å²) in [6, 6.07) is 6.11. The maximum Gasteiger partial charge on any atom is 0.297 e. The van der Waals surface area contributed by atoms with Gasteiger partial charge in [0.2, 0.25) is 0 Å². The van der Waals surface area contributed by atoms with Gasteiger partial charge in [0.1, 0.15) is 6.10 Å². The molecule has 0 aromatic heterocycles. The fourth-order valence-corrected chi connectivity index (χ4v) is 2.13. The predicted molar refractivity (Wildman–Crippen MR) is 59.8 cm³/mol. The highest BCUT2D eigenvalue weighted by Crippen LogP contribution is 2.15. The zero-order valence-electron chi connectivity index (χ0n) is 8.81. The number of hydrogen-bond acceptors (Lipinski definition) is 4. The van der Waals surface area contributed by atoms with Gasteiger partial charge in [-0.15, -0.1) is 0 Å². The lowest BCUT2D eigenvalue weighted by atomic mass is 10.2. The smallest absolute Gasteiger partial charge is 0.278 e. The molecule has 1 atom stereocenters. The second-order valence-corrected chi connectivity index (χ2v) is 5.25. The first-order valence-electron chi connectivity index (χ1n) is 4.52. The highest BCUT2D eigenvalue weighted by Gasteiger charge is 2.22. The van der Waals surface area contributed by atoms with Gasteiger partial charge in [-0.1, -0.05) is 17.7 Å². The monoisotopic (exact) mass is 262 g/mol. The van der Waals surface area contributed by atoms with Crippen LogP contribution < -0.4 is 0 Å². The van der Waals surface area contributed by atoms with E-state index < -0.39 is 21.5 Å². The first kappa shape index (κ1) is 13.2. The van der Waals surface area contributed by atoms with E-state index in [2.05, 4.69) is 4.18 Å². The minimum Gasteiger partial charge on any atom is -0.278 e. The van der Waals surface area contributed by atoms with Crippen LogP contribution in [0.1, 0.15) is 12.5 Å². The van der Waals surface area contributed by atoms with Crippen molar-refractivity contribution in [3.8, 4) is 0 Å². The van der Waals surface area contributed by atoms with Crippen molar-refractivity contribution in [1.29, 1.82) is 0 Å². The summed E-state index contributed by atoms with van der Waals surface area (Å²) in [5, 5.41) is -0.851. The summed E-state index contributed by atoms with van der Waals surface area (Å²) < 4.78 is 27.9. The molecule has 0 bridgehead atoms. The van der Waals surface area contributed by atoms with Crippen LogP contribution in [0.4, 0.5) is 0 Å². The van der Waals surface area contributed by atoms with Crippen LogP contribution in [0.2, 0.25) is 0 Å². The van der Waals surface area contributed by atoms with Gasteiger partial charge in [0, 0.05) is 0 Å². The Labute approximate surface area is 99.3 Å². The largest absolute Gasteiger partial charge is 0.297 e. The van der Waals surface area contributed by atoms with Gasteiger partial charge in [0.15, 0.2) is 0 Å². The Morgan fingerprint density at radius 3 is 2.25 bits per heavy atom. The van der Waals surface area contributed by atoms with E-state index in [0.29, 0.717) is 0 Å². The molecule has 0 heterocycles. The SMILES string of the molecule is Cc1ccc(S(=O)(=O)OC(C)C(=O)Cl)cc1. The summed E-state index contributed by atoms with van der Waals surface area (Å²) in [7, 11) is -3.93. The molecule has 0 amide bonds. The van der Waals surface area contributed by atoms with Gasteiger partial charge in [-0.3, -0.25) is 8.98 Å². The maximum absolute atomic E-state index is 11.6. The molecule has 0 fully saturated rings.